The van der Waals surface area contributed by atoms with Crippen molar-refractivity contribution in [1.29, 1.82) is 0 Å². The van der Waals surface area contributed by atoms with Gasteiger partial charge in [-0.1, -0.05) is 58.9 Å². The fourth-order valence-corrected chi connectivity index (χ4v) is 7.95. The zero-order chi connectivity index (χ0) is 42.2. The summed E-state index contributed by atoms with van der Waals surface area (Å²) in [6.07, 6.45) is 7.04. The first-order valence-corrected chi connectivity index (χ1v) is 22.9. The van der Waals surface area contributed by atoms with Crippen LogP contribution in [0, 0.1) is 11.8 Å². The largest absolute Gasteiger partial charge is 0.452 e. The summed E-state index contributed by atoms with van der Waals surface area (Å²) >= 11 is 0. The molecular weight excluding hydrogens is 735 g/mol. The van der Waals surface area contributed by atoms with Crippen molar-refractivity contribution in [2.45, 2.75) is 176 Å². The smallest absolute Gasteiger partial charge is 0.439 e. The molecule has 1 unspecified atom stereocenters. The summed E-state index contributed by atoms with van der Waals surface area (Å²) < 4.78 is 48.7. The molecular formula is C43H69NO11Si. The highest BCUT2D eigenvalue weighted by Gasteiger charge is 2.44. The Bertz CT molecular complexity index is 1620. The third-order valence-corrected chi connectivity index (χ3v) is 15.0. The van der Waals surface area contributed by atoms with Crippen molar-refractivity contribution >= 4 is 32.1 Å². The lowest BCUT2D eigenvalue weighted by Crippen LogP contribution is -2.44. The second kappa shape index (κ2) is 16.8. The fraction of sp³-hybridized carbons (Fsp3) is 0.721. The summed E-state index contributed by atoms with van der Waals surface area (Å²) in [6, 6.07) is 3.25. The quantitative estimate of drug-likeness (QED) is 0.0820. The minimum absolute atomic E-state index is 0.00346. The van der Waals surface area contributed by atoms with E-state index in [0.717, 1.165) is 5.06 Å². The van der Waals surface area contributed by atoms with Crippen molar-refractivity contribution in [3.8, 4) is 5.75 Å². The average Bonchev–Trinajstić information content (AvgIpc) is 3.53. The molecule has 12 nitrogen and oxygen atoms in total. The Balaban J connectivity index is 1.60. The monoisotopic (exact) mass is 803 g/mol. The minimum atomic E-state index is -1.91. The average molecular weight is 804 g/mol. The molecule has 1 aromatic carbocycles. The SMILES string of the molecule is CC(/C=C\[C@@H](C)[C@H](C)O[Si](C)(C)C(C)(C)C)[C@H]1OC(C)(C)O[C@H]1C/C=C/c1cc(N(OC[C@H]2COC(C)(C)O2)C(=O)OC(C)(C)C)cc2c1C(=O)OC(C)(C)O2. The van der Waals surface area contributed by atoms with Crippen LogP contribution in [0.2, 0.25) is 18.1 Å². The Labute approximate surface area is 336 Å². The van der Waals surface area contributed by atoms with Gasteiger partial charge in [0, 0.05) is 31.9 Å². The van der Waals surface area contributed by atoms with Crippen LogP contribution in [0.3, 0.4) is 0 Å². The van der Waals surface area contributed by atoms with Gasteiger partial charge in [-0.25, -0.2) is 9.59 Å². The van der Waals surface area contributed by atoms with Crippen LogP contribution >= 0.6 is 0 Å². The molecule has 0 bridgehead atoms. The maximum absolute atomic E-state index is 13.7. The Hall–Kier alpha value is -2.78. The molecule has 1 amide bonds. The predicted octanol–water partition coefficient (Wildman–Crippen LogP) is 9.96. The molecule has 56 heavy (non-hydrogen) atoms. The van der Waals surface area contributed by atoms with E-state index >= 15 is 0 Å². The summed E-state index contributed by atoms with van der Waals surface area (Å²) in [7, 11) is -1.91. The van der Waals surface area contributed by atoms with Gasteiger partial charge in [0.15, 0.2) is 19.9 Å². The second-order valence-corrected chi connectivity index (χ2v) is 24.0. The van der Waals surface area contributed by atoms with Crippen LogP contribution in [-0.4, -0.2) is 81.0 Å². The van der Waals surface area contributed by atoms with Crippen molar-refractivity contribution in [3.63, 3.8) is 0 Å². The minimum Gasteiger partial charge on any atom is -0.452 e. The summed E-state index contributed by atoms with van der Waals surface area (Å²) in [5.41, 5.74) is 0.161. The number of amides is 1. The van der Waals surface area contributed by atoms with Crippen LogP contribution in [0.15, 0.2) is 30.4 Å². The van der Waals surface area contributed by atoms with Crippen molar-refractivity contribution in [2.75, 3.05) is 18.3 Å². The summed E-state index contributed by atoms with van der Waals surface area (Å²) in [5, 5.41) is 1.20. The lowest BCUT2D eigenvalue weighted by atomic mass is 9.94. The number of carbonyl (C=O) groups is 2. The molecule has 0 spiro atoms. The van der Waals surface area contributed by atoms with Gasteiger partial charge >= 0.3 is 12.1 Å². The van der Waals surface area contributed by atoms with Crippen LogP contribution in [0.5, 0.6) is 5.75 Å². The van der Waals surface area contributed by atoms with Crippen molar-refractivity contribution in [3.05, 3.63) is 41.5 Å². The standard InChI is InChI=1S/C43H69NO11Si/c1-27(29(3)55-56(16,17)40(7,8)9)21-22-28(2)36-33(50-42(12,13)52-36)20-18-19-30-23-31(24-34-35(30)37(45)53-43(14,15)51-34)44(38(46)54-39(4,5)6)48-26-32-25-47-41(10,11)49-32/h18-19,21-24,27-29,32-33,36H,20,25-26H2,1-17H3/b19-18+,22-21-/t27-,28?,29+,32-,33+,36-/m1/s1. The molecule has 3 aliphatic heterocycles. The molecule has 3 heterocycles. The Morgan fingerprint density at radius 1 is 0.929 bits per heavy atom. The van der Waals surface area contributed by atoms with Crippen molar-refractivity contribution in [1.82, 2.24) is 0 Å². The molecule has 0 aliphatic carbocycles. The number of fused-ring (bicyclic) bond motifs is 1. The molecule has 13 heteroatoms. The number of anilines is 1. The number of hydrogen-bond acceptors (Lipinski definition) is 11. The number of hydroxylamine groups is 1. The number of cyclic esters (lactones) is 1. The van der Waals surface area contributed by atoms with E-state index < -0.39 is 49.4 Å². The Morgan fingerprint density at radius 2 is 1.59 bits per heavy atom. The number of benzene rings is 1. The van der Waals surface area contributed by atoms with Gasteiger partial charge in [-0.15, -0.1) is 0 Å². The first kappa shape index (κ1) is 45.9. The van der Waals surface area contributed by atoms with E-state index in [-0.39, 0.29) is 53.1 Å². The molecule has 2 saturated heterocycles. The van der Waals surface area contributed by atoms with Gasteiger partial charge in [-0.3, -0.25) is 4.84 Å². The predicted molar refractivity (Wildman–Crippen MR) is 219 cm³/mol. The number of carbonyl (C=O) groups excluding carboxylic acids is 2. The first-order chi connectivity index (χ1) is 25.5. The molecule has 316 valence electrons. The number of hydrogen-bond donors (Lipinski definition) is 0. The highest BCUT2D eigenvalue weighted by molar-refractivity contribution is 6.74. The molecule has 6 atom stereocenters. The Kier molecular flexibility index (Phi) is 13.8. The fourth-order valence-electron chi connectivity index (χ4n) is 6.45. The van der Waals surface area contributed by atoms with E-state index in [2.05, 4.69) is 66.8 Å². The van der Waals surface area contributed by atoms with Gasteiger partial charge in [0.2, 0.25) is 5.79 Å². The van der Waals surface area contributed by atoms with Crippen LogP contribution in [0.25, 0.3) is 6.08 Å². The van der Waals surface area contributed by atoms with Gasteiger partial charge in [-0.05, 0) is 97.5 Å². The van der Waals surface area contributed by atoms with E-state index in [1.165, 1.54) is 0 Å². The van der Waals surface area contributed by atoms with Crippen LogP contribution in [0.1, 0.15) is 126 Å². The maximum Gasteiger partial charge on any atom is 0.439 e. The maximum atomic E-state index is 13.7. The van der Waals surface area contributed by atoms with Gasteiger partial charge in [0.05, 0.1) is 24.5 Å². The van der Waals surface area contributed by atoms with Gasteiger partial charge < -0.3 is 37.6 Å². The van der Waals surface area contributed by atoms with Crippen LogP contribution in [-0.2, 0) is 37.7 Å². The van der Waals surface area contributed by atoms with Gasteiger partial charge in [0.25, 0.3) is 0 Å². The van der Waals surface area contributed by atoms with Crippen molar-refractivity contribution < 1.29 is 52.0 Å². The topological polar surface area (TPSA) is 120 Å². The zero-order valence-corrected chi connectivity index (χ0v) is 38.0. The molecule has 1 aromatic rings. The summed E-state index contributed by atoms with van der Waals surface area (Å²) in [6.45, 7) is 34.2. The third-order valence-electron chi connectivity index (χ3n) is 10.4. The van der Waals surface area contributed by atoms with E-state index in [4.69, 9.17) is 42.4 Å². The first-order valence-electron chi connectivity index (χ1n) is 19.9. The van der Waals surface area contributed by atoms with E-state index in [1.807, 2.05) is 39.8 Å². The van der Waals surface area contributed by atoms with E-state index in [1.54, 1.807) is 46.8 Å². The number of nitrogens with zero attached hydrogens (tertiary/aromatic N) is 1. The number of esters is 1. The molecule has 0 radical (unpaired) electrons. The van der Waals surface area contributed by atoms with Crippen molar-refractivity contribution in [2.24, 2.45) is 11.8 Å². The zero-order valence-electron chi connectivity index (χ0n) is 37.0. The molecule has 0 N–H and O–H groups in total. The summed E-state index contributed by atoms with van der Waals surface area (Å²) in [5.74, 6) is -2.87. The molecule has 4 rings (SSSR count). The van der Waals surface area contributed by atoms with Gasteiger partial charge in [-0.2, -0.15) is 5.06 Å². The second-order valence-electron chi connectivity index (χ2n) is 19.3. The number of rotatable bonds is 13. The molecule has 3 aliphatic rings. The highest BCUT2D eigenvalue weighted by atomic mass is 28.4. The third kappa shape index (κ3) is 12.1. The normalized spacial score (nSPS) is 25.1. The molecule has 0 aromatic heterocycles. The van der Waals surface area contributed by atoms with Crippen LogP contribution in [0.4, 0.5) is 10.5 Å². The number of ether oxygens (including phenoxy) is 7. The van der Waals surface area contributed by atoms with E-state index in [0.29, 0.717) is 24.3 Å². The summed E-state index contributed by atoms with van der Waals surface area (Å²) in [4.78, 5) is 33.2. The highest BCUT2D eigenvalue weighted by Crippen LogP contribution is 2.41. The van der Waals surface area contributed by atoms with Crippen LogP contribution < -0.4 is 9.80 Å². The van der Waals surface area contributed by atoms with Gasteiger partial charge in [0.1, 0.15) is 29.6 Å². The lowest BCUT2D eigenvalue weighted by Gasteiger charge is -2.39. The Morgan fingerprint density at radius 3 is 2.18 bits per heavy atom. The lowest BCUT2D eigenvalue weighted by molar-refractivity contribution is -0.148. The molecule has 0 saturated carbocycles. The van der Waals surface area contributed by atoms with E-state index in [9.17, 15) is 9.59 Å². The molecule has 2 fully saturated rings.